The highest BCUT2D eigenvalue weighted by Gasteiger charge is 2.34. The van der Waals surface area contributed by atoms with Gasteiger partial charge in [0, 0.05) is 17.1 Å². The van der Waals surface area contributed by atoms with E-state index in [0.29, 0.717) is 23.0 Å². The number of hydrogen-bond acceptors (Lipinski definition) is 4. The molecule has 6 heteroatoms. The predicted octanol–water partition coefficient (Wildman–Crippen LogP) is 6.13. The zero-order chi connectivity index (χ0) is 21.4. The summed E-state index contributed by atoms with van der Waals surface area (Å²) in [6.45, 7) is 0.682. The van der Waals surface area contributed by atoms with Crippen molar-refractivity contribution in [3.63, 3.8) is 0 Å². The summed E-state index contributed by atoms with van der Waals surface area (Å²) < 4.78 is 11.3. The molecule has 1 fully saturated rings. The van der Waals surface area contributed by atoms with Gasteiger partial charge < -0.3 is 14.1 Å². The number of likely N-dealkylation sites (tertiary alicyclic amines) is 1. The molecule has 1 atom stereocenters. The van der Waals surface area contributed by atoms with E-state index in [1.54, 1.807) is 31.4 Å². The first kappa shape index (κ1) is 19.6. The third kappa shape index (κ3) is 3.77. The summed E-state index contributed by atoms with van der Waals surface area (Å²) in [6, 6.07) is 20.7. The van der Waals surface area contributed by atoms with Crippen LogP contribution in [0.3, 0.4) is 0 Å². The largest absolute Gasteiger partial charge is 0.497 e. The smallest absolute Gasteiger partial charge is 0.254 e. The van der Waals surface area contributed by atoms with Crippen LogP contribution in [0, 0.1) is 0 Å². The zero-order valence-electron chi connectivity index (χ0n) is 17.0. The molecule has 0 unspecified atom stereocenters. The number of benzene rings is 3. The number of carbonyl (C=O) groups is 1. The molecule has 5 rings (SSSR count). The minimum absolute atomic E-state index is 0.0275. The predicted molar refractivity (Wildman–Crippen MR) is 120 cm³/mol. The third-order valence-electron chi connectivity index (χ3n) is 5.72. The molecule has 156 valence electrons. The van der Waals surface area contributed by atoms with Crippen LogP contribution in [-0.2, 0) is 0 Å². The quantitative estimate of drug-likeness (QED) is 0.389. The van der Waals surface area contributed by atoms with Crippen molar-refractivity contribution >= 4 is 28.6 Å². The molecule has 1 aliphatic heterocycles. The summed E-state index contributed by atoms with van der Waals surface area (Å²) in [4.78, 5) is 19.6. The number of nitrogens with zero attached hydrogens (tertiary/aromatic N) is 2. The molecule has 0 bridgehead atoms. The van der Waals surface area contributed by atoms with Gasteiger partial charge in [-0.25, -0.2) is 4.98 Å². The molecular formula is C25H21ClN2O3. The molecule has 0 saturated carbocycles. The van der Waals surface area contributed by atoms with Crippen molar-refractivity contribution in [2.75, 3.05) is 13.7 Å². The average Bonchev–Trinajstić information content (AvgIpc) is 3.45. The molecule has 0 radical (unpaired) electrons. The second-order valence-corrected chi connectivity index (χ2v) is 8.06. The lowest BCUT2D eigenvalue weighted by molar-refractivity contribution is 0.0717. The Morgan fingerprint density at radius 2 is 1.81 bits per heavy atom. The van der Waals surface area contributed by atoms with Crippen molar-refractivity contribution in [3.8, 4) is 16.9 Å². The number of amides is 1. The number of hydrogen-bond donors (Lipinski definition) is 0. The summed E-state index contributed by atoms with van der Waals surface area (Å²) in [5.74, 6) is 1.38. The Morgan fingerprint density at radius 3 is 2.55 bits per heavy atom. The third-order valence-corrected chi connectivity index (χ3v) is 5.97. The van der Waals surface area contributed by atoms with Gasteiger partial charge in [0.05, 0.1) is 7.11 Å². The van der Waals surface area contributed by atoms with Gasteiger partial charge in [-0.2, -0.15) is 0 Å². The molecule has 3 aromatic carbocycles. The summed E-state index contributed by atoms with van der Waals surface area (Å²) >= 11 is 5.96. The lowest BCUT2D eigenvalue weighted by atomic mass is 10.1. The van der Waals surface area contributed by atoms with Crippen LogP contribution in [-0.4, -0.2) is 29.4 Å². The van der Waals surface area contributed by atoms with Crippen molar-refractivity contribution in [2.24, 2.45) is 0 Å². The molecular weight excluding hydrogens is 412 g/mol. The van der Waals surface area contributed by atoms with Gasteiger partial charge in [-0.15, -0.1) is 0 Å². The Hall–Kier alpha value is -3.31. The highest BCUT2D eigenvalue weighted by atomic mass is 35.5. The van der Waals surface area contributed by atoms with Crippen LogP contribution in [0.5, 0.6) is 5.75 Å². The topological polar surface area (TPSA) is 55.6 Å². The maximum Gasteiger partial charge on any atom is 0.254 e. The van der Waals surface area contributed by atoms with Gasteiger partial charge in [0.2, 0.25) is 5.89 Å². The molecule has 0 aliphatic carbocycles. The van der Waals surface area contributed by atoms with Crippen molar-refractivity contribution < 1.29 is 13.9 Å². The first-order chi connectivity index (χ1) is 15.1. The molecule has 0 spiro atoms. The Balaban J connectivity index is 1.43. The monoisotopic (exact) mass is 432 g/mol. The van der Waals surface area contributed by atoms with E-state index >= 15 is 0 Å². The highest BCUT2D eigenvalue weighted by Crippen LogP contribution is 2.35. The fourth-order valence-electron chi connectivity index (χ4n) is 4.08. The summed E-state index contributed by atoms with van der Waals surface area (Å²) in [7, 11) is 1.65. The van der Waals surface area contributed by atoms with E-state index in [2.05, 4.69) is 0 Å². The second-order valence-electron chi connectivity index (χ2n) is 7.63. The number of rotatable bonds is 4. The Kier molecular flexibility index (Phi) is 5.12. The van der Waals surface area contributed by atoms with Crippen LogP contribution in [0.2, 0.25) is 5.02 Å². The van der Waals surface area contributed by atoms with Gasteiger partial charge in [-0.05, 0) is 72.5 Å². The van der Waals surface area contributed by atoms with Gasteiger partial charge in [-0.3, -0.25) is 4.79 Å². The van der Waals surface area contributed by atoms with Gasteiger partial charge in [0.25, 0.3) is 5.91 Å². The number of ether oxygens (including phenoxy) is 1. The summed E-state index contributed by atoms with van der Waals surface area (Å²) in [5.41, 5.74) is 4.25. The zero-order valence-corrected chi connectivity index (χ0v) is 17.8. The lowest BCUT2D eigenvalue weighted by Crippen LogP contribution is -2.30. The standard InChI is InChI=1S/C25H21ClN2O3/c1-30-20-11-6-16(7-12-20)18-8-13-23-21(15-18)27-24(31-23)22-3-2-14-28(22)25(29)17-4-9-19(26)10-5-17/h4-13,15,22H,2-3,14H2,1H3/t22-/m0/s1. The van der Waals surface area contributed by atoms with Crippen LogP contribution < -0.4 is 4.74 Å². The first-order valence-corrected chi connectivity index (χ1v) is 10.6. The summed E-state index contributed by atoms with van der Waals surface area (Å²) in [6.07, 6.45) is 1.75. The molecule has 1 aromatic heterocycles. The van der Waals surface area contributed by atoms with Gasteiger partial charge in [-0.1, -0.05) is 29.8 Å². The van der Waals surface area contributed by atoms with Crippen LogP contribution in [0.1, 0.15) is 35.1 Å². The molecule has 31 heavy (non-hydrogen) atoms. The fourth-order valence-corrected chi connectivity index (χ4v) is 4.20. The molecule has 0 N–H and O–H groups in total. The van der Waals surface area contributed by atoms with E-state index in [0.717, 1.165) is 40.8 Å². The lowest BCUT2D eigenvalue weighted by Gasteiger charge is -2.22. The normalized spacial score (nSPS) is 16.1. The molecule has 2 heterocycles. The molecule has 1 aliphatic rings. The second kappa shape index (κ2) is 8.08. The average molecular weight is 433 g/mol. The minimum Gasteiger partial charge on any atom is -0.497 e. The van der Waals surface area contributed by atoms with E-state index in [9.17, 15) is 4.79 Å². The Bertz CT molecular complexity index is 1230. The van der Waals surface area contributed by atoms with E-state index in [1.807, 2.05) is 47.4 Å². The van der Waals surface area contributed by atoms with Crippen LogP contribution in [0.25, 0.3) is 22.2 Å². The minimum atomic E-state index is -0.167. The van der Waals surface area contributed by atoms with Crippen molar-refractivity contribution in [1.29, 1.82) is 0 Å². The number of methoxy groups -OCH3 is 1. The van der Waals surface area contributed by atoms with Gasteiger partial charge in [0.15, 0.2) is 5.58 Å². The number of fused-ring (bicyclic) bond motifs is 1. The van der Waals surface area contributed by atoms with Gasteiger partial charge in [0.1, 0.15) is 17.3 Å². The van der Waals surface area contributed by atoms with Gasteiger partial charge >= 0.3 is 0 Å². The number of oxazole rings is 1. The molecule has 4 aromatic rings. The number of aromatic nitrogens is 1. The van der Waals surface area contributed by atoms with E-state index in [4.69, 9.17) is 25.7 Å². The van der Waals surface area contributed by atoms with Crippen LogP contribution in [0.15, 0.2) is 71.1 Å². The molecule has 5 nitrogen and oxygen atoms in total. The van der Waals surface area contributed by atoms with Crippen molar-refractivity contribution in [3.05, 3.63) is 83.2 Å². The van der Waals surface area contributed by atoms with Crippen molar-refractivity contribution in [2.45, 2.75) is 18.9 Å². The van der Waals surface area contributed by atoms with Crippen LogP contribution >= 0.6 is 11.6 Å². The SMILES string of the molecule is COc1ccc(-c2ccc3oc([C@@H]4CCCN4C(=O)c4ccc(Cl)cc4)nc3c2)cc1. The maximum absolute atomic E-state index is 13.1. The first-order valence-electron chi connectivity index (χ1n) is 10.2. The highest BCUT2D eigenvalue weighted by molar-refractivity contribution is 6.30. The molecule has 1 amide bonds. The molecule has 1 saturated heterocycles. The number of carbonyl (C=O) groups excluding carboxylic acids is 1. The summed E-state index contributed by atoms with van der Waals surface area (Å²) in [5, 5.41) is 0.612. The maximum atomic E-state index is 13.1. The van der Waals surface area contributed by atoms with Crippen molar-refractivity contribution in [1.82, 2.24) is 9.88 Å². The number of halogens is 1. The van der Waals surface area contributed by atoms with E-state index in [-0.39, 0.29) is 11.9 Å². The Morgan fingerprint density at radius 1 is 1.06 bits per heavy atom. The van der Waals surface area contributed by atoms with Crippen LogP contribution in [0.4, 0.5) is 0 Å². The van der Waals surface area contributed by atoms with E-state index < -0.39 is 0 Å². The van der Waals surface area contributed by atoms with E-state index in [1.165, 1.54) is 0 Å². The fraction of sp³-hybridized carbons (Fsp3) is 0.200. The Labute approximate surface area is 185 Å².